The first-order valence-corrected chi connectivity index (χ1v) is 6.54. The minimum atomic E-state index is -2.39. The largest absolute Gasteiger partial charge is 0.484 e. The summed E-state index contributed by atoms with van der Waals surface area (Å²) >= 11 is 0. The third-order valence-electron chi connectivity index (χ3n) is 3.37. The van der Waals surface area contributed by atoms with Crippen molar-refractivity contribution in [2.75, 3.05) is 19.7 Å². The number of alkyl halides is 1. The third-order valence-corrected chi connectivity index (χ3v) is 3.37. The molecule has 0 aliphatic carbocycles. The number of carboxylic acid groups (broad SMARTS) is 1. The van der Waals surface area contributed by atoms with Crippen LogP contribution in [-0.4, -0.2) is 53.2 Å². The maximum absolute atomic E-state index is 13.9. The standard InChI is InChI=1S/C14H15FN2O5/c15-14(13(20)21)5-6-17(8-14)12(19)9-1-3-10(4-2-9)22-7-11(16)18/h1-4H,5-8H2,(H2,16,18)(H,20,21). The predicted molar refractivity (Wildman–Crippen MR) is 73.1 cm³/mol. The maximum Gasteiger partial charge on any atom is 0.343 e. The van der Waals surface area contributed by atoms with Gasteiger partial charge in [-0.25, -0.2) is 9.18 Å². The van der Waals surface area contributed by atoms with Crippen molar-refractivity contribution in [2.24, 2.45) is 5.73 Å². The lowest BCUT2D eigenvalue weighted by atomic mass is 10.1. The molecule has 3 N–H and O–H groups in total. The molecule has 8 heteroatoms. The molecule has 0 bridgehead atoms. The fraction of sp³-hybridized carbons (Fsp3) is 0.357. The van der Waals surface area contributed by atoms with Gasteiger partial charge in [0.25, 0.3) is 11.8 Å². The Morgan fingerprint density at radius 1 is 1.32 bits per heavy atom. The van der Waals surface area contributed by atoms with Gasteiger partial charge in [0.15, 0.2) is 6.61 Å². The van der Waals surface area contributed by atoms with Crippen LogP contribution in [0.4, 0.5) is 4.39 Å². The predicted octanol–water partition coefficient (Wildman–Crippen LogP) is 0.190. The zero-order chi connectivity index (χ0) is 16.3. The van der Waals surface area contributed by atoms with Gasteiger partial charge in [0.05, 0.1) is 6.54 Å². The van der Waals surface area contributed by atoms with E-state index in [4.69, 9.17) is 15.6 Å². The molecule has 1 unspecified atom stereocenters. The second kappa shape index (κ2) is 6.00. The number of rotatable bonds is 5. The van der Waals surface area contributed by atoms with Crippen LogP contribution in [-0.2, 0) is 9.59 Å². The van der Waals surface area contributed by atoms with Gasteiger partial charge >= 0.3 is 5.97 Å². The lowest BCUT2D eigenvalue weighted by Crippen LogP contribution is -2.38. The summed E-state index contributed by atoms with van der Waals surface area (Å²) < 4.78 is 19.0. The monoisotopic (exact) mass is 310 g/mol. The van der Waals surface area contributed by atoms with Gasteiger partial charge < -0.3 is 20.5 Å². The number of hydrogen-bond acceptors (Lipinski definition) is 4. The number of primary amides is 1. The third kappa shape index (κ3) is 3.33. The summed E-state index contributed by atoms with van der Waals surface area (Å²) in [6.07, 6.45) is -0.228. The summed E-state index contributed by atoms with van der Waals surface area (Å²) in [6, 6.07) is 5.87. The quantitative estimate of drug-likeness (QED) is 0.806. The number of nitrogens with zero attached hydrogens (tertiary/aromatic N) is 1. The minimum Gasteiger partial charge on any atom is -0.484 e. The van der Waals surface area contributed by atoms with Gasteiger partial charge in [0, 0.05) is 18.5 Å². The van der Waals surface area contributed by atoms with Gasteiger partial charge in [0.1, 0.15) is 5.75 Å². The highest BCUT2D eigenvalue weighted by atomic mass is 19.1. The topological polar surface area (TPSA) is 110 Å². The van der Waals surface area contributed by atoms with Crippen LogP contribution < -0.4 is 10.5 Å². The Labute approximate surface area is 125 Å². The molecule has 118 valence electrons. The van der Waals surface area contributed by atoms with E-state index in [2.05, 4.69) is 0 Å². The highest BCUT2D eigenvalue weighted by Gasteiger charge is 2.46. The lowest BCUT2D eigenvalue weighted by molar-refractivity contribution is -0.149. The Kier molecular flexibility index (Phi) is 4.30. The van der Waals surface area contributed by atoms with Crippen molar-refractivity contribution in [3.63, 3.8) is 0 Å². The fourth-order valence-corrected chi connectivity index (χ4v) is 2.15. The number of benzene rings is 1. The van der Waals surface area contributed by atoms with Crippen LogP contribution in [0.15, 0.2) is 24.3 Å². The molecule has 1 fully saturated rings. The SMILES string of the molecule is NC(=O)COc1ccc(C(=O)N2CCC(F)(C(=O)O)C2)cc1. The van der Waals surface area contributed by atoms with Gasteiger partial charge in [0.2, 0.25) is 5.67 Å². The van der Waals surface area contributed by atoms with Gasteiger partial charge in [-0.1, -0.05) is 0 Å². The number of hydrogen-bond donors (Lipinski definition) is 2. The average Bonchev–Trinajstić information content (AvgIpc) is 2.89. The van der Waals surface area contributed by atoms with E-state index in [1.807, 2.05) is 0 Å². The van der Waals surface area contributed by atoms with E-state index in [1.165, 1.54) is 24.3 Å². The summed E-state index contributed by atoms with van der Waals surface area (Å²) in [7, 11) is 0. The summed E-state index contributed by atoms with van der Waals surface area (Å²) in [4.78, 5) is 34.8. The van der Waals surface area contributed by atoms with Gasteiger partial charge in [-0.3, -0.25) is 9.59 Å². The van der Waals surface area contributed by atoms with Crippen LogP contribution in [0.1, 0.15) is 16.8 Å². The average molecular weight is 310 g/mol. The van der Waals surface area contributed by atoms with E-state index in [9.17, 15) is 18.8 Å². The van der Waals surface area contributed by atoms with E-state index in [0.717, 1.165) is 4.90 Å². The highest BCUT2D eigenvalue weighted by Crippen LogP contribution is 2.27. The van der Waals surface area contributed by atoms with Crippen molar-refractivity contribution in [3.05, 3.63) is 29.8 Å². The molecule has 1 atom stereocenters. The summed E-state index contributed by atoms with van der Waals surface area (Å²) in [5.74, 6) is -2.27. The van der Waals surface area contributed by atoms with Crippen molar-refractivity contribution in [1.82, 2.24) is 4.90 Å². The van der Waals surface area contributed by atoms with Crippen LogP contribution in [0.5, 0.6) is 5.75 Å². The van der Waals surface area contributed by atoms with Crippen molar-refractivity contribution >= 4 is 17.8 Å². The maximum atomic E-state index is 13.9. The zero-order valence-corrected chi connectivity index (χ0v) is 11.6. The van der Waals surface area contributed by atoms with Gasteiger partial charge in [-0.05, 0) is 24.3 Å². The Balaban J connectivity index is 2.02. The molecule has 0 aromatic heterocycles. The first-order valence-electron chi connectivity index (χ1n) is 6.54. The Hall–Kier alpha value is -2.64. The number of nitrogens with two attached hydrogens (primary N) is 1. The number of ether oxygens (including phenoxy) is 1. The van der Waals surface area contributed by atoms with Crippen LogP contribution in [0.2, 0.25) is 0 Å². The molecule has 0 radical (unpaired) electrons. The summed E-state index contributed by atoms with van der Waals surface area (Å²) in [5.41, 5.74) is 2.83. The van der Waals surface area contributed by atoms with Crippen LogP contribution >= 0.6 is 0 Å². The number of likely N-dealkylation sites (tertiary alicyclic amines) is 1. The van der Waals surface area contributed by atoms with Crippen molar-refractivity contribution in [1.29, 1.82) is 0 Å². The van der Waals surface area contributed by atoms with Crippen molar-refractivity contribution in [3.8, 4) is 5.75 Å². The van der Waals surface area contributed by atoms with Crippen LogP contribution in [0.3, 0.4) is 0 Å². The van der Waals surface area contributed by atoms with E-state index < -0.39 is 30.0 Å². The summed E-state index contributed by atoms with van der Waals surface area (Å²) in [6.45, 7) is -0.703. The zero-order valence-electron chi connectivity index (χ0n) is 11.6. The van der Waals surface area contributed by atoms with Crippen molar-refractivity contribution in [2.45, 2.75) is 12.1 Å². The molecule has 2 amide bonds. The Morgan fingerprint density at radius 3 is 2.45 bits per heavy atom. The fourth-order valence-electron chi connectivity index (χ4n) is 2.15. The second-order valence-electron chi connectivity index (χ2n) is 5.03. The minimum absolute atomic E-state index is 0.0432. The molecule has 1 aliphatic heterocycles. The molecule has 1 aromatic carbocycles. The molecule has 0 spiro atoms. The van der Waals surface area contributed by atoms with Gasteiger partial charge in [-0.2, -0.15) is 0 Å². The lowest BCUT2D eigenvalue weighted by Gasteiger charge is -2.18. The molecular formula is C14H15FN2O5. The Bertz CT molecular complexity index is 604. The normalized spacial score (nSPS) is 20.7. The molecule has 1 aromatic rings. The number of carbonyl (C=O) groups is 3. The van der Waals surface area contributed by atoms with Crippen molar-refractivity contribution < 1.29 is 28.6 Å². The molecule has 1 aliphatic rings. The Morgan fingerprint density at radius 2 is 1.95 bits per heavy atom. The first kappa shape index (κ1) is 15.7. The number of carbonyl (C=O) groups excluding carboxylic acids is 2. The molecule has 7 nitrogen and oxygen atoms in total. The highest BCUT2D eigenvalue weighted by molar-refractivity contribution is 5.95. The van der Waals surface area contributed by atoms with E-state index in [0.29, 0.717) is 5.75 Å². The number of aliphatic carboxylic acids is 1. The number of carboxylic acids is 1. The smallest absolute Gasteiger partial charge is 0.343 e. The number of amides is 2. The molecule has 1 heterocycles. The van der Waals surface area contributed by atoms with E-state index in [-0.39, 0.29) is 25.1 Å². The second-order valence-corrected chi connectivity index (χ2v) is 5.03. The molecule has 2 rings (SSSR count). The molecular weight excluding hydrogens is 295 g/mol. The molecule has 1 saturated heterocycles. The van der Waals surface area contributed by atoms with E-state index in [1.54, 1.807) is 0 Å². The molecule has 22 heavy (non-hydrogen) atoms. The van der Waals surface area contributed by atoms with Crippen LogP contribution in [0.25, 0.3) is 0 Å². The first-order chi connectivity index (χ1) is 10.3. The summed E-state index contributed by atoms with van der Waals surface area (Å²) in [5, 5.41) is 8.82. The van der Waals surface area contributed by atoms with E-state index >= 15 is 0 Å². The molecule has 0 saturated carbocycles. The van der Waals surface area contributed by atoms with Gasteiger partial charge in [-0.15, -0.1) is 0 Å². The van der Waals surface area contributed by atoms with Crippen LogP contribution in [0, 0.1) is 0 Å². The number of halogens is 1.